The van der Waals surface area contributed by atoms with E-state index in [1.807, 2.05) is 5.32 Å². The average molecular weight is 604 g/mol. The van der Waals surface area contributed by atoms with Crippen LogP contribution in [0.5, 0.6) is 0 Å². The molecule has 4 atom stereocenters. The number of nitrogens with zero attached hydrogens (tertiary/aromatic N) is 1. The molecule has 0 radical (unpaired) electrons. The fourth-order valence-corrected chi connectivity index (χ4v) is 3.87. The van der Waals surface area contributed by atoms with Gasteiger partial charge >= 0.3 is 11.9 Å². The molecular formula is C23H37N7O10S. The third-order valence-corrected chi connectivity index (χ3v) is 6.05. The molecule has 1 aliphatic rings. The Kier molecular flexibility index (Phi) is 15.1. The maximum absolute atomic E-state index is 12.8. The Labute approximate surface area is 241 Å². The van der Waals surface area contributed by atoms with Crippen molar-refractivity contribution in [1.29, 1.82) is 0 Å². The molecule has 1 rings (SSSR count). The van der Waals surface area contributed by atoms with Crippen LogP contribution in [0.2, 0.25) is 0 Å². The molecule has 1 saturated heterocycles. The largest absolute Gasteiger partial charge is 0.481 e. The molecule has 0 unspecified atom stereocenters. The number of likely N-dealkylation sites (tertiary alicyclic amines) is 1. The Hall–Kier alpha value is -3.93. The fourth-order valence-electron chi connectivity index (χ4n) is 3.71. The van der Waals surface area contributed by atoms with Gasteiger partial charge in [-0.15, -0.1) is 0 Å². The molecule has 0 spiro atoms. The summed E-state index contributed by atoms with van der Waals surface area (Å²) in [5.41, 5.74) is 0. The lowest BCUT2D eigenvalue weighted by molar-refractivity contribution is -0.147. The van der Waals surface area contributed by atoms with Crippen LogP contribution in [-0.4, -0.2) is 125 Å². The Morgan fingerprint density at radius 1 is 0.854 bits per heavy atom. The van der Waals surface area contributed by atoms with Gasteiger partial charge in [0.05, 0.1) is 26.1 Å². The molecule has 0 aromatic heterocycles. The number of hydrogen-bond acceptors (Lipinski definition) is 10. The zero-order chi connectivity index (χ0) is 31.1. The van der Waals surface area contributed by atoms with Gasteiger partial charge in [-0.3, -0.25) is 33.6 Å². The molecule has 0 bridgehead atoms. The number of thiol groups is 1. The molecule has 0 aromatic rings. The first-order valence-electron chi connectivity index (χ1n) is 12.8. The van der Waals surface area contributed by atoms with E-state index in [2.05, 4.69) is 39.2 Å². The van der Waals surface area contributed by atoms with Crippen molar-refractivity contribution in [3.05, 3.63) is 0 Å². The van der Waals surface area contributed by atoms with Crippen molar-refractivity contribution >= 4 is 60.0 Å². The second-order valence-corrected chi connectivity index (χ2v) is 9.60. The summed E-state index contributed by atoms with van der Waals surface area (Å²) in [6.45, 7) is 2.48. The van der Waals surface area contributed by atoms with Crippen molar-refractivity contribution in [2.45, 2.75) is 57.3 Å². The van der Waals surface area contributed by atoms with E-state index in [4.69, 9.17) is 10.2 Å². The van der Waals surface area contributed by atoms with Crippen molar-refractivity contribution in [2.75, 3.05) is 38.5 Å². The number of amides is 6. The van der Waals surface area contributed by atoms with Crippen LogP contribution in [0.4, 0.5) is 0 Å². The highest BCUT2D eigenvalue weighted by molar-refractivity contribution is 7.80. The summed E-state index contributed by atoms with van der Waals surface area (Å²) in [5, 5.41) is 32.1. The zero-order valence-corrected chi connectivity index (χ0v) is 23.6. The summed E-state index contributed by atoms with van der Waals surface area (Å²) >= 11 is 4.01. The lowest BCUT2D eigenvalue weighted by Gasteiger charge is -2.25. The number of carboxylic acid groups (broad SMARTS) is 2. The van der Waals surface area contributed by atoms with E-state index in [0.717, 1.165) is 0 Å². The van der Waals surface area contributed by atoms with Gasteiger partial charge in [-0.1, -0.05) is 0 Å². The first-order valence-corrected chi connectivity index (χ1v) is 13.4. The van der Waals surface area contributed by atoms with E-state index in [1.165, 1.54) is 18.7 Å². The van der Waals surface area contributed by atoms with Gasteiger partial charge in [0, 0.05) is 18.8 Å². The van der Waals surface area contributed by atoms with Gasteiger partial charge in [0.2, 0.25) is 35.4 Å². The number of aliphatic carboxylic acids is 2. The third kappa shape index (κ3) is 12.9. The second-order valence-electron chi connectivity index (χ2n) is 9.16. The summed E-state index contributed by atoms with van der Waals surface area (Å²) < 4.78 is 0. The van der Waals surface area contributed by atoms with Crippen molar-refractivity contribution < 1.29 is 48.6 Å². The molecule has 1 aliphatic heterocycles. The number of hydrogen-bond donors (Lipinski definition) is 9. The van der Waals surface area contributed by atoms with Gasteiger partial charge in [-0.2, -0.15) is 12.6 Å². The standard InChI is InChI=1S/C23H37N7O10S/c1-12(27-16(31)9-24-5-7-41)20(36)26-11-18(33)30-6-3-4-15(30)22(38)28-13(2)21(37)25-10-17(32)29-14(23(39)40)8-19(34)35/h12-15,24,41H,3-11H2,1-2H3,(H,25,37)(H,26,36)(H,27,31)(H,28,38)(H,29,32)(H,34,35)(H,39,40)/t12-,13-,14-,15-/m0/s1. The second kappa shape index (κ2) is 17.7. The van der Waals surface area contributed by atoms with Crippen LogP contribution < -0.4 is 31.9 Å². The number of rotatable bonds is 17. The predicted molar refractivity (Wildman–Crippen MR) is 145 cm³/mol. The first-order chi connectivity index (χ1) is 19.3. The first kappa shape index (κ1) is 35.1. The van der Waals surface area contributed by atoms with Crippen LogP contribution in [-0.2, 0) is 38.4 Å². The normalized spacial score (nSPS) is 16.5. The average Bonchev–Trinajstić information content (AvgIpc) is 3.40. The van der Waals surface area contributed by atoms with Gasteiger partial charge in [-0.05, 0) is 26.7 Å². The number of carbonyl (C=O) groups excluding carboxylic acids is 6. The molecule has 6 amide bonds. The van der Waals surface area contributed by atoms with Crippen LogP contribution in [0.25, 0.3) is 0 Å². The van der Waals surface area contributed by atoms with E-state index in [0.29, 0.717) is 25.1 Å². The van der Waals surface area contributed by atoms with Gasteiger partial charge < -0.3 is 47.0 Å². The van der Waals surface area contributed by atoms with Crippen molar-refractivity contribution in [1.82, 2.24) is 36.8 Å². The van der Waals surface area contributed by atoms with E-state index >= 15 is 0 Å². The van der Waals surface area contributed by atoms with E-state index in [1.54, 1.807) is 0 Å². The SMILES string of the molecule is C[C@H](NC(=O)CNCCS)C(=O)NCC(=O)N1CCC[C@H]1C(=O)N[C@@H](C)C(=O)NCC(=O)N[C@@H](CC(=O)O)C(=O)O. The number of carbonyl (C=O) groups is 8. The summed E-state index contributed by atoms with van der Waals surface area (Å²) in [7, 11) is 0. The highest BCUT2D eigenvalue weighted by Crippen LogP contribution is 2.17. The number of carboxylic acids is 2. The van der Waals surface area contributed by atoms with Gasteiger partial charge in [-0.25, -0.2) is 4.79 Å². The molecular weight excluding hydrogens is 566 g/mol. The molecule has 230 valence electrons. The lowest BCUT2D eigenvalue weighted by atomic mass is 10.2. The maximum atomic E-state index is 12.8. The minimum absolute atomic E-state index is 0.00328. The van der Waals surface area contributed by atoms with Crippen LogP contribution in [0.3, 0.4) is 0 Å². The minimum Gasteiger partial charge on any atom is -0.481 e. The zero-order valence-electron chi connectivity index (χ0n) is 22.7. The predicted octanol–water partition coefficient (Wildman–Crippen LogP) is -4.22. The highest BCUT2D eigenvalue weighted by Gasteiger charge is 2.35. The van der Waals surface area contributed by atoms with Gasteiger partial charge in [0.1, 0.15) is 24.2 Å². The van der Waals surface area contributed by atoms with E-state index < -0.39 is 91.1 Å². The van der Waals surface area contributed by atoms with Crippen molar-refractivity contribution in [3.63, 3.8) is 0 Å². The van der Waals surface area contributed by atoms with Crippen LogP contribution >= 0.6 is 12.6 Å². The number of nitrogens with one attached hydrogen (secondary N) is 6. The maximum Gasteiger partial charge on any atom is 0.326 e. The summed E-state index contributed by atoms with van der Waals surface area (Å²) in [4.78, 5) is 96.8. The summed E-state index contributed by atoms with van der Waals surface area (Å²) in [6.07, 6.45) is -0.0361. The smallest absolute Gasteiger partial charge is 0.326 e. The van der Waals surface area contributed by atoms with Crippen molar-refractivity contribution in [2.24, 2.45) is 0 Å². The van der Waals surface area contributed by atoms with Crippen molar-refractivity contribution in [3.8, 4) is 0 Å². The molecule has 41 heavy (non-hydrogen) atoms. The summed E-state index contributed by atoms with van der Waals surface area (Å²) in [6, 6.07) is -4.62. The minimum atomic E-state index is -1.68. The van der Waals surface area contributed by atoms with Gasteiger partial charge in [0.15, 0.2) is 0 Å². The molecule has 0 saturated carbocycles. The molecule has 0 aromatic carbocycles. The van der Waals surface area contributed by atoms with Crippen LogP contribution in [0.1, 0.15) is 33.1 Å². The lowest BCUT2D eigenvalue weighted by Crippen LogP contribution is -2.55. The monoisotopic (exact) mass is 603 g/mol. The Balaban J connectivity index is 2.53. The molecule has 1 heterocycles. The van der Waals surface area contributed by atoms with E-state index in [-0.39, 0.29) is 13.1 Å². The Morgan fingerprint density at radius 3 is 2.02 bits per heavy atom. The molecule has 8 N–H and O–H groups in total. The Bertz CT molecular complexity index is 1010. The quantitative estimate of drug-likeness (QED) is 0.0569. The van der Waals surface area contributed by atoms with E-state index in [9.17, 15) is 38.4 Å². The van der Waals surface area contributed by atoms with Crippen LogP contribution in [0, 0.1) is 0 Å². The molecule has 0 aliphatic carbocycles. The summed E-state index contributed by atoms with van der Waals surface area (Å²) in [5.74, 6) is -6.34. The van der Waals surface area contributed by atoms with Gasteiger partial charge in [0.25, 0.3) is 0 Å². The molecule has 1 fully saturated rings. The third-order valence-electron chi connectivity index (χ3n) is 5.82. The topological polar surface area (TPSA) is 252 Å². The van der Waals surface area contributed by atoms with Crippen LogP contribution in [0.15, 0.2) is 0 Å². The molecule has 17 nitrogen and oxygen atoms in total. The highest BCUT2D eigenvalue weighted by atomic mass is 32.1. The Morgan fingerprint density at radius 2 is 1.44 bits per heavy atom. The fraction of sp³-hybridized carbons (Fsp3) is 0.652. The molecule has 18 heteroatoms.